The first-order valence-corrected chi connectivity index (χ1v) is 16.8. The third kappa shape index (κ3) is 7.50. The summed E-state index contributed by atoms with van der Waals surface area (Å²) < 4.78 is 20.1. The Morgan fingerprint density at radius 3 is 2.56 bits per heavy atom. The minimum atomic E-state index is -0.321. The number of hydrogen-bond acceptors (Lipinski definition) is 4. The van der Waals surface area contributed by atoms with E-state index in [9.17, 15) is 14.0 Å². The third-order valence-corrected chi connectivity index (χ3v) is 9.93. The van der Waals surface area contributed by atoms with Crippen molar-refractivity contribution in [2.24, 2.45) is 0 Å². The Hall–Kier alpha value is -3.49. The Kier molecular flexibility index (Phi) is 9.71. The predicted molar refractivity (Wildman–Crippen MR) is 178 cm³/mol. The van der Waals surface area contributed by atoms with Gasteiger partial charge in [-0.1, -0.05) is 48.5 Å². The number of fused-ring (bicyclic) bond motifs is 2. The lowest BCUT2D eigenvalue weighted by atomic mass is 9.82. The van der Waals surface area contributed by atoms with Gasteiger partial charge >= 0.3 is 0 Å². The number of carbonyl (C=O) groups excluding carboxylic acids is 2. The van der Waals surface area contributed by atoms with E-state index < -0.39 is 0 Å². The number of hydrogen-bond donors (Lipinski definition) is 1. The van der Waals surface area contributed by atoms with Gasteiger partial charge in [0.1, 0.15) is 11.6 Å². The molecule has 0 radical (unpaired) electrons. The van der Waals surface area contributed by atoms with Gasteiger partial charge in [0.25, 0.3) is 5.91 Å². The maximum atomic E-state index is 14.5. The van der Waals surface area contributed by atoms with Gasteiger partial charge in [-0.25, -0.2) is 4.39 Å². The molecule has 1 saturated heterocycles. The number of nitrogens with zero attached hydrogens (tertiary/aromatic N) is 2. The minimum Gasteiger partial charge on any atom is -0.492 e. The number of ether oxygens (including phenoxy) is 1. The van der Waals surface area contributed by atoms with Crippen LogP contribution in [0.5, 0.6) is 5.75 Å². The highest BCUT2D eigenvalue weighted by molar-refractivity contribution is 9.10. The Labute approximate surface area is 273 Å². The van der Waals surface area contributed by atoms with E-state index in [1.165, 1.54) is 28.8 Å². The van der Waals surface area contributed by atoms with Crippen LogP contribution in [0.1, 0.15) is 54.9 Å². The van der Waals surface area contributed by atoms with E-state index in [0.29, 0.717) is 38.4 Å². The van der Waals surface area contributed by atoms with Crippen molar-refractivity contribution in [1.82, 2.24) is 15.1 Å². The molecule has 0 aromatic heterocycles. The van der Waals surface area contributed by atoms with Crippen LogP contribution in [-0.4, -0.2) is 66.0 Å². The topological polar surface area (TPSA) is 61.9 Å². The summed E-state index contributed by atoms with van der Waals surface area (Å²) in [4.78, 5) is 30.9. The normalized spacial score (nSPS) is 19.4. The van der Waals surface area contributed by atoms with E-state index in [2.05, 4.69) is 81.6 Å². The van der Waals surface area contributed by atoms with Gasteiger partial charge < -0.3 is 19.9 Å². The molecule has 3 aromatic rings. The van der Waals surface area contributed by atoms with Crippen LogP contribution < -0.4 is 10.1 Å². The molecular weight excluding hydrogens is 633 g/mol. The summed E-state index contributed by atoms with van der Waals surface area (Å²) in [5.74, 6) is 0.345. The van der Waals surface area contributed by atoms with Crippen LogP contribution in [0.25, 0.3) is 5.57 Å². The lowest BCUT2D eigenvalue weighted by Gasteiger charge is -2.44. The Balaban J connectivity index is 1.21. The molecule has 0 spiro atoms. The second-order valence-corrected chi connectivity index (χ2v) is 13.4. The number of piperazine rings is 1. The van der Waals surface area contributed by atoms with Crippen molar-refractivity contribution in [2.75, 3.05) is 26.2 Å². The molecule has 2 atom stereocenters. The maximum absolute atomic E-state index is 14.5. The van der Waals surface area contributed by atoms with E-state index >= 15 is 0 Å². The van der Waals surface area contributed by atoms with Crippen LogP contribution in [-0.2, 0) is 22.4 Å². The van der Waals surface area contributed by atoms with Crippen molar-refractivity contribution in [3.8, 4) is 5.75 Å². The minimum absolute atomic E-state index is 0.0541. The molecular formula is C37H41BrFN3O3. The first-order valence-electron chi connectivity index (χ1n) is 16.0. The zero-order valence-electron chi connectivity index (χ0n) is 26.0. The summed E-state index contributed by atoms with van der Waals surface area (Å²) in [5.41, 5.74) is 6.70. The van der Waals surface area contributed by atoms with Crippen LogP contribution in [0.2, 0.25) is 0 Å². The fourth-order valence-corrected chi connectivity index (χ4v) is 7.03. The van der Waals surface area contributed by atoms with Gasteiger partial charge in [-0.05, 0) is 101 Å². The molecule has 6 nitrogen and oxygen atoms in total. The molecule has 3 aliphatic rings. The first-order chi connectivity index (χ1) is 21.8. The quantitative estimate of drug-likeness (QED) is 0.237. The summed E-state index contributed by atoms with van der Waals surface area (Å²) >= 11 is 3.41. The predicted octanol–water partition coefficient (Wildman–Crippen LogP) is 6.49. The zero-order chi connectivity index (χ0) is 31.5. The second-order valence-electron chi connectivity index (χ2n) is 12.6. The van der Waals surface area contributed by atoms with E-state index in [-0.39, 0.29) is 35.8 Å². The summed E-state index contributed by atoms with van der Waals surface area (Å²) in [5, 5.41) is 3.69. The van der Waals surface area contributed by atoms with Gasteiger partial charge in [0.2, 0.25) is 5.91 Å². The van der Waals surface area contributed by atoms with E-state index in [4.69, 9.17) is 4.74 Å². The van der Waals surface area contributed by atoms with Crippen LogP contribution in [0, 0.1) is 12.7 Å². The molecule has 2 bridgehead atoms. The number of benzene rings is 3. The molecule has 3 aromatic carbocycles. The molecule has 1 unspecified atom stereocenters. The van der Waals surface area contributed by atoms with Crippen molar-refractivity contribution < 1.29 is 18.7 Å². The standard InChI is InChI=1S/C37H41BrFN3O3/c1-24-6-3-4-8-27(24)17-18-42(31-14-15-31)37(44)36-32(21-30-22-41(25(2)43)23-34(36)40-30)28-11-9-26(10-12-28)7-5-19-45-35-20-29(39)13-16-33(35)38/h3-4,6,8-13,16,20,30-31,34,40H,5,7,14-15,17-19,21-23H2,1-2H3/t30?,34-/m1/s1. The molecule has 2 amide bonds. The molecule has 1 saturated carbocycles. The zero-order valence-corrected chi connectivity index (χ0v) is 27.6. The molecule has 8 heteroatoms. The molecule has 6 rings (SSSR count). The molecule has 2 heterocycles. The average molecular weight is 675 g/mol. The number of rotatable bonds is 11. The van der Waals surface area contributed by atoms with Gasteiger partial charge in [0.15, 0.2) is 0 Å². The van der Waals surface area contributed by atoms with Crippen molar-refractivity contribution in [1.29, 1.82) is 0 Å². The first kappa shape index (κ1) is 31.5. The Bertz CT molecular complexity index is 1590. The van der Waals surface area contributed by atoms with Crippen molar-refractivity contribution >= 4 is 33.3 Å². The molecule has 1 aliphatic carbocycles. The molecule has 2 fully saturated rings. The Morgan fingerprint density at radius 2 is 1.82 bits per heavy atom. The van der Waals surface area contributed by atoms with Crippen molar-refractivity contribution in [3.63, 3.8) is 0 Å². The summed E-state index contributed by atoms with van der Waals surface area (Å²) in [6, 6.07) is 21.6. The number of aryl methyl sites for hydroxylation is 2. The van der Waals surface area contributed by atoms with Crippen LogP contribution in [0.15, 0.2) is 76.8 Å². The monoisotopic (exact) mass is 673 g/mol. The Morgan fingerprint density at radius 1 is 1.04 bits per heavy atom. The van der Waals surface area contributed by atoms with Gasteiger partial charge in [-0.2, -0.15) is 0 Å². The third-order valence-electron chi connectivity index (χ3n) is 9.28. The number of carbonyl (C=O) groups is 2. The molecule has 1 N–H and O–H groups in total. The number of amides is 2. The SMILES string of the molecule is CC(=O)N1CC2CC(c3ccc(CCCOc4cc(F)ccc4Br)cc3)=C(C(=O)N(CCc3ccccc3C)C3CC3)[C@@H](C1)N2. The van der Waals surface area contributed by atoms with Crippen LogP contribution in [0.3, 0.4) is 0 Å². The summed E-state index contributed by atoms with van der Waals surface area (Å²) in [6.45, 7) is 6.07. The van der Waals surface area contributed by atoms with Crippen LogP contribution in [0.4, 0.5) is 4.39 Å². The fourth-order valence-electron chi connectivity index (χ4n) is 6.67. The number of halogens is 2. The lowest BCUT2D eigenvalue weighted by molar-refractivity contribution is -0.132. The molecule has 236 valence electrons. The van der Waals surface area contributed by atoms with Crippen molar-refractivity contribution in [2.45, 2.75) is 70.5 Å². The highest BCUT2D eigenvalue weighted by Crippen LogP contribution is 2.37. The van der Waals surface area contributed by atoms with Crippen LogP contribution >= 0.6 is 15.9 Å². The molecule has 2 aliphatic heterocycles. The van der Waals surface area contributed by atoms with E-state index in [1.807, 2.05) is 4.90 Å². The summed E-state index contributed by atoms with van der Waals surface area (Å²) in [6.07, 6.45) is 5.22. The fraction of sp³-hybridized carbons (Fsp3) is 0.405. The van der Waals surface area contributed by atoms with Gasteiger partial charge in [-0.15, -0.1) is 0 Å². The lowest BCUT2D eigenvalue weighted by Crippen LogP contribution is -2.62. The highest BCUT2D eigenvalue weighted by Gasteiger charge is 2.42. The van der Waals surface area contributed by atoms with Gasteiger partial charge in [0, 0.05) is 50.3 Å². The van der Waals surface area contributed by atoms with Gasteiger partial charge in [-0.3, -0.25) is 9.59 Å². The second kappa shape index (κ2) is 13.9. The average Bonchev–Trinajstić information content (AvgIpc) is 3.87. The smallest absolute Gasteiger partial charge is 0.252 e. The maximum Gasteiger partial charge on any atom is 0.252 e. The largest absolute Gasteiger partial charge is 0.492 e. The highest BCUT2D eigenvalue weighted by atomic mass is 79.9. The summed E-state index contributed by atoms with van der Waals surface area (Å²) in [7, 11) is 0. The van der Waals surface area contributed by atoms with Crippen molar-refractivity contribution in [3.05, 3.63) is 105 Å². The van der Waals surface area contributed by atoms with E-state index in [0.717, 1.165) is 53.3 Å². The van der Waals surface area contributed by atoms with E-state index in [1.54, 1.807) is 13.0 Å². The molecule has 45 heavy (non-hydrogen) atoms. The number of nitrogens with one attached hydrogen (secondary N) is 1. The van der Waals surface area contributed by atoms with Gasteiger partial charge in [0.05, 0.1) is 17.1 Å².